The van der Waals surface area contributed by atoms with Crippen LogP contribution in [0.2, 0.25) is 0 Å². The molecule has 0 unspecified atom stereocenters. The lowest BCUT2D eigenvalue weighted by molar-refractivity contribution is 0.151. The van der Waals surface area contributed by atoms with Crippen LogP contribution in [0.25, 0.3) is 10.8 Å². The summed E-state index contributed by atoms with van der Waals surface area (Å²) >= 11 is 0. The molecule has 1 aliphatic carbocycles. The third kappa shape index (κ3) is 2.56. The topological polar surface area (TPSA) is 48.1 Å². The van der Waals surface area contributed by atoms with E-state index in [9.17, 15) is 0 Å². The predicted octanol–water partition coefficient (Wildman–Crippen LogP) is 3.41. The molecule has 3 rings (SSSR count). The summed E-state index contributed by atoms with van der Waals surface area (Å²) in [5, 5.41) is 2.24. The molecular formula is C16H20N2O. The second-order valence-electron chi connectivity index (χ2n) is 5.22. The Kier molecular flexibility index (Phi) is 3.65. The molecule has 1 aliphatic rings. The van der Waals surface area contributed by atoms with Crippen LogP contribution in [0.4, 0.5) is 0 Å². The van der Waals surface area contributed by atoms with Crippen molar-refractivity contribution in [1.82, 2.24) is 4.98 Å². The van der Waals surface area contributed by atoms with Gasteiger partial charge in [0.1, 0.15) is 6.10 Å². The molecule has 1 heterocycles. The van der Waals surface area contributed by atoms with E-state index in [4.69, 9.17) is 10.5 Å². The number of aromatic nitrogens is 1. The van der Waals surface area contributed by atoms with Crippen LogP contribution in [0.5, 0.6) is 5.88 Å². The van der Waals surface area contributed by atoms with Gasteiger partial charge in [-0.1, -0.05) is 24.6 Å². The minimum Gasteiger partial charge on any atom is -0.474 e. The fourth-order valence-corrected chi connectivity index (χ4v) is 2.82. The Morgan fingerprint density at radius 1 is 1.11 bits per heavy atom. The van der Waals surface area contributed by atoms with Gasteiger partial charge in [0.05, 0.1) is 0 Å². The summed E-state index contributed by atoms with van der Waals surface area (Å²) in [4.78, 5) is 4.47. The van der Waals surface area contributed by atoms with E-state index >= 15 is 0 Å². The number of ether oxygens (including phenoxy) is 1. The lowest BCUT2D eigenvalue weighted by Gasteiger charge is -2.23. The molecule has 0 aliphatic heterocycles. The summed E-state index contributed by atoms with van der Waals surface area (Å²) in [6.45, 7) is 0.511. The molecule has 2 aromatic rings. The van der Waals surface area contributed by atoms with Gasteiger partial charge in [0.2, 0.25) is 5.88 Å². The molecule has 0 radical (unpaired) electrons. The molecule has 0 bridgehead atoms. The largest absolute Gasteiger partial charge is 0.474 e. The van der Waals surface area contributed by atoms with Gasteiger partial charge in [-0.3, -0.25) is 0 Å². The molecule has 100 valence electrons. The fourth-order valence-electron chi connectivity index (χ4n) is 2.82. The van der Waals surface area contributed by atoms with Crippen molar-refractivity contribution < 1.29 is 4.74 Å². The highest BCUT2D eigenvalue weighted by atomic mass is 16.5. The van der Waals surface area contributed by atoms with Gasteiger partial charge < -0.3 is 10.5 Å². The van der Waals surface area contributed by atoms with Gasteiger partial charge in [0.15, 0.2) is 0 Å². The van der Waals surface area contributed by atoms with E-state index in [1.54, 1.807) is 0 Å². The minimum atomic E-state index is 0.327. The van der Waals surface area contributed by atoms with E-state index in [0.29, 0.717) is 12.6 Å². The molecule has 3 heteroatoms. The normalized spacial score (nSPS) is 16.7. The Morgan fingerprint density at radius 2 is 1.84 bits per heavy atom. The highest BCUT2D eigenvalue weighted by molar-refractivity contribution is 5.89. The number of rotatable bonds is 3. The number of benzene rings is 1. The number of fused-ring (bicyclic) bond motifs is 1. The molecular weight excluding hydrogens is 236 g/mol. The lowest BCUT2D eigenvalue weighted by atomic mass is 9.98. The highest BCUT2D eigenvalue weighted by Crippen LogP contribution is 2.29. The Balaban J connectivity index is 1.94. The van der Waals surface area contributed by atoms with Crippen molar-refractivity contribution in [3.8, 4) is 5.88 Å². The average molecular weight is 256 g/mol. The predicted molar refractivity (Wildman–Crippen MR) is 77.1 cm³/mol. The van der Waals surface area contributed by atoms with Crippen LogP contribution >= 0.6 is 0 Å². The summed E-state index contributed by atoms with van der Waals surface area (Å²) in [6.07, 6.45) is 8.34. The van der Waals surface area contributed by atoms with Crippen LogP contribution in [0.15, 0.2) is 30.5 Å². The van der Waals surface area contributed by atoms with Crippen molar-refractivity contribution >= 4 is 10.8 Å². The zero-order valence-corrected chi connectivity index (χ0v) is 11.1. The fraction of sp³-hybridized carbons (Fsp3) is 0.438. The first-order valence-electron chi connectivity index (χ1n) is 7.12. The highest BCUT2D eigenvalue weighted by Gasteiger charge is 2.17. The summed E-state index contributed by atoms with van der Waals surface area (Å²) in [5.74, 6) is 0.764. The van der Waals surface area contributed by atoms with Crippen molar-refractivity contribution in [2.45, 2.75) is 44.8 Å². The summed E-state index contributed by atoms with van der Waals surface area (Å²) in [5.41, 5.74) is 6.84. The van der Waals surface area contributed by atoms with E-state index in [1.807, 2.05) is 18.3 Å². The number of pyridine rings is 1. The second kappa shape index (κ2) is 5.57. The Hall–Kier alpha value is -1.61. The van der Waals surface area contributed by atoms with Gasteiger partial charge in [0.25, 0.3) is 0 Å². The first-order chi connectivity index (χ1) is 9.38. The van der Waals surface area contributed by atoms with Crippen LogP contribution in [-0.4, -0.2) is 11.1 Å². The number of hydrogen-bond acceptors (Lipinski definition) is 3. The Bertz CT molecular complexity index is 562. The first-order valence-corrected chi connectivity index (χ1v) is 7.12. The van der Waals surface area contributed by atoms with Crippen molar-refractivity contribution in [2.24, 2.45) is 5.73 Å². The maximum Gasteiger partial charge on any atom is 0.221 e. The standard InChI is InChI=1S/C16H20N2O/c17-10-12-11-18-16(15-9-5-4-8-14(12)15)19-13-6-2-1-3-7-13/h4-5,8-9,11,13H,1-3,6-7,10,17H2. The van der Waals surface area contributed by atoms with E-state index in [2.05, 4.69) is 17.1 Å². The van der Waals surface area contributed by atoms with E-state index in [-0.39, 0.29) is 0 Å². The van der Waals surface area contributed by atoms with Gasteiger partial charge in [-0.2, -0.15) is 0 Å². The first kappa shape index (κ1) is 12.4. The van der Waals surface area contributed by atoms with Crippen LogP contribution in [0.1, 0.15) is 37.7 Å². The van der Waals surface area contributed by atoms with Crippen molar-refractivity contribution in [2.75, 3.05) is 0 Å². The molecule has 2 N–H and O–H groups in total. The second-order valence-corrected chi connectivity index (χ2v) is 5.22. The zero-order valence-electron chi connectivity index (χ0n) is 11.1. The maximum atomic E-state index is 6.12. The molecule has 1 aromatic heterocycles. The third-order valence-electron chi connectivity index (χ3n) is 3.89. The third-order valence-corrected chi connectivity index (χ3v) is 3.89. The molecule has 0 saturated heterocycles. The maximum absolute atomic E-state index is 6.12. The SMILES string of the molecule is NCc1cnc(OC2CCCCC2)c2ccccc12. The molecule has 1 aromatic carbocycles. The Labute approximate surface area is 113 Å². The van der Waals surface area contributed by atoms with Crippen molar-refractivity contribution in [1.29, 1.82) is 0 Å². The smallest absolute Gasteiger partial charge is 0.221 e. The quantitative estimate of drug-likeness (QED) is 0.915. The molecule has 1 saturated carbocycles. The molecule has 19 heavy (non-hydrogen) atoms. The summed E-state index contributed by atoms with van der Waals surface area (Å²) < 4.78 is 6.12. The van der Waals surface area contributed by atoms with Gasteiger partial charge in [-0.15, -0.1) is 0 Å². The van der Waals surface area contributed by atoms with E-state index in [0.717, 1.165) is 35.1 Å². The molecule has 3 nitrogen and oxygen atoms in total. The van der Waals surface area contributed by atoms with Crippen LogP contribution in [0, 0.1) is 0 Å². The number of nitrogens with two attached hydrogens (primary N) is 1. The molecule has 0 atom stereocenters. The monoisotopic (exact) mass is 256 g/mol. The van der Waals surface area contributed by atoms with Gasteiger partial charge in [-0.25, -0.2) is 4.98 Å². The van der Waals surface area contributed by atoms with Crippen molar-refractivity contribution in [3.63, 3.8) is 0 Å². The van der Waals surface area contributed by atoms with Gasteiger partial charge >= 0.3 is 0 Å². The van der Waals surface area contributed by atoms with Crippen LogP contribution < -0.4 is 10.5 Å². The van der Waals surface area contributed by atoms with E-state index in [1.165, 1.54) is 19.3 Å². The average Bonchev–Trinajstić information content (AvgIpc) is 2.49. The lowest BCUT2D eigenvalue weighted by Crippen LogP contribution is -2.20. The van der Waals surface area contributed by atoms with Crippen LogP contribution in [0.3, 0.4) is 0 Å². The molecule has 0 spiro atoms. The van der Waals surface area contributed by atoms with Crippen molar-refractivity contribution in [3.05, 3.63) is 36.0 Å². The van der Waals surface area contributed by atoms with Gasteiger partial charge in [0, 0.05) is 18.1 Å². The molecule has 1 fully saturated rings. The summed E-state index contributed by atoms with van der Waals surface area (Å²) in [6, 6.07) is 8.22. The zero-order chi connectivity index (χ0) is 13.1. The number of hydrogen-bond donors (Lipinski definition) is 1. The summed E-state index contributed by atoms with van der Waals surface area (Å²) in [7, 11) is 0. The number of nitrogens with zero attached hydrogens (tertiary/aromatic N) is 1. The molecule has 0 amide bonds. The Morgan fingerprint density at radius 3 is 2.58 bits per heavy atom. The minimum absolute atomic E-state index is 0.327. The van der Waals surface area contributed by atoms with Crippen LogP contribution in [-0.2, 0) is 6.54 Å². The van der Waals surface area contributed by atoms with Gasteiger partial charge in [-0.05, 0) is 42.7 Å². The van der Waals surface area contributed by atoms with E-state index < -0.39 is 0 Å².